The average Bonchev–Trinajstić information content (AvgIpc) is 3.36. The van der Waals surface area contributed by atoms with Crippen LogP contribution in [0, 0.1) is 17.0 Å². The van der Waals surface area contributed by atoms with Gasteiger partial charge in [-0.05, 0) is 57.1 Å². The highest BCUT2D eigenvalue weighted by Crippen LogP contribution is 2.40. The predicted molar refractivity (Wildman–Crippen MR) is 139 cm³/mol. The highest BCUT2D eigenvalue weighted by atomic mass is 35.5. The molecule has 0 bridgehead atoms. The van der Waals surface area contributed by atoms with Crippen LogP contribution in [0.5, 0.6) is 0 Å². The van der Waals surface area contributed by atoms with Crippen LogP contribution in [-0.2, 0) is 17.8 Å². The van der Waals surface area contributed by atoms with Gasteiger partial charge in [-0.15, -0.1) is 11.3 Å². The van der Waals surface area contributed by atoms with Gasteiger partial charge in [0.1, 0.15) is 17.5 Å². The number of likely N-dealkylation sites (tertiary alicyclic amines) is 2. The number of hydrogen-bond acceptors (Lipinski definition) is 7. The summed E-state index contributed by atoms with van der Waals surface area (Å²) in [4.78, 5) is 25.7. The van der Waals surface area contributed by atoms with Crippen molar-refractivity contribution >= 4 is 39.9 Å². The van der Waals surface area contributed by atoms with E-state index in [0.29, 0.717) is 49.0 Å². The van der Waals surface area contributed by atoms with E-state index in [9.17, 15) is 18.7 Å². The molecule has 2 unspecified atom stereocenters. The van der Waals surface area contributed by atoms with Gasteiger partial charge in [-0.2, -0.15) is 0 Å². The minimum atomic E-state index is -1.19. The van der Waals surface area contributed by atoms with E-state index >= 15 is 0 Å². The molecule has 196 valence electrons. The Morgan fingerprint density at radius 3 is 2.78 bits per heavy atom. The number of rotatable bonds is 9. The molecule has 4 heterocycles. The molecule has 5 rings (SSSR count). The summed E-state index contributed by atoms with van der Waals surface area (Å²) in [5.74, 6) is -1.53. The van der Waals surface area contributed by atoms with Crippen LogP contribution in [0.15, 0.2) is 41.9 Å². The quantitative estimate of drug-likeness (QED) is 0.381. The van der Waals surface area contributed by atoms with E-state index in [1.54, 1.807) is 18.3 Å². The first-order chi connectivity index (χ1) is 17.8. The van der Waals surface area contributed by atoms with Gasteiger partial charge in [0.15, 0.2) is 5.13 Å². The normalized spacial score (nSPS) is 22.5. The highest BCUT2D eigenvalue weighted by Gasteiger charge is 2.47. The fourth-order valence-corrected chi connectivity index (χ4v) is 5.92. The van der Waals surface area contributed by atoms with Crippen molar-refractivity contribution < 1.29 is 18.7 Å². The van der Waals surface area contributed by atoms with Crippen LogP contribution in [0.1, 0.15) is 30.5 Å². The van der Waals surface area contributed by atoms with E-state index in [1.165, 1.54) is 29.5 Å². The lowest BCUT2D eigenvalue weighted by molar-refractivity contribution is -0.154. The molecule has 1 aromatic carbocycles. The molecule has 11 heteroatoms. The Morgan fingerprint density at radius 1 is 1.24 bits per heavy atom. The fraction of sp³-hybridized carbons (Fsp3) is 0.423. The molecule has 2 atom stereocenters. The van der Waals surface area contributed by atoms with E-state index in [2.05, 4.69) is 25.1 Å². The van der Waals surface area contributed by atoms with Crippen molar-refractivity contribution in [2.75, 3.05) is 31.5 Å². The van der Waals surface area contributed by atoms with Gasteiger partial charge < -0.3 is 15.3 Å². The molecule has 0 radical (unpaired) electrons. The number of thiazole rings is 1. The molecule has 2 aliphatic heterocycles. The van der Waals surface area contributed by atoms with Crippen molar-refractivity contribution in [3.8, 4) is 0 Å². The third kappa shape index (κ3) is 5.77. The molecule has 0 saturated carbocycles. The Balaban J connectivity index is 1.39. The lowest BCUT2D eigenvalue weighted by Gasteiger charge is -2.47. The molecule has 0 aliphatic carbocycles. The molecule has 3 aromatic rings. The number of anilines is 2. The van der Waals surface area contributed by atoms with Crippen LogP contribution in [0.4, 0.5) is 19.7 Å². The molecule has 2 N–H and O–H groups in total. The number of pyridine rings is 1. The maximum atomic E-state index is 14.9. The second-order valence-corrected chi connectivity index (χ2v) is 11.1. The number of piperidine rings is 1. The van der Waals surface area contributed by atoms with Crippen LogP contribution in [0.3, 0.4) is 0 Å². The van der Waals surface area contributed by atoms with Crippen LogP contribution in [0.2, 0.25) is 5.02 Å². The predicted octanol–water partition coefficient (Wildman–Crippen LogP) is 5.20. The van der Waals surface area contributed by atoms with Crippen LogP contribution >= 0.6 is 22.9 Å². The number of carboxylic acids is 1. The number of nitrogens with one attached hydrogen (secondary N) is 1. The number of benzene rings is 1. The highest BCUT2D eigenvalue weighted by molar-refractivity contribution is 7.13. The van der Waals surface area contributed by atoms with Crippen molar-refractivity contribution in [3.05, 3.63) is 69.8 Å². The Hall–Kier alpha value is -2.66. The average molecular weight is 548 g/mol. The number of hydrogen-bond donors (Lipinski definition) is 2. The number of carbonyl (C=O) groups is 1. The lowest BCUT2D eigenvalue weighted by atomic mass is 9.71. The summed E-state index contributed by atoms with van der Waals surface area (Å²) in [5, 5.41) is 16.0. The number of nitrogens with zero attached hydrogens (tertiary/aromatic N) is 4. The maximum absolute atomic E-state index is 14.9. The molecule has 0 amide bonds. The Kier molecular flexibility index (Phi) is 7.71. The number of aliphatic carboxylic acids is 1. The Labute approximate surface area is 223 Å². The van der Waals surface area contributed by atoms with Gasteiger partial charge in [-0.1, -0.05) is 23.7 Å². The van der Waals surface area contributed by atoms with E-state index < -0.39 is 23.0 Å². The number of carboxylic acid groups (broad SMARTS) is 1. The van der Waals surface area contributed by atoms with Gasteiger partial charge in [0.25, 0.3) is 0 Å². The van der Waals surface area contributed by atoms with Gasteiger partial charge in [0, 0.05) is 42.7 Å². The topological polar surface area (TPSA) is 81.6 Å². The van der Waals surface area contributed by atoms with Crippen molar-refractivity contribution in [2.45, 2.75) is 38.3 Å². The lowest BCUT2D eigenvalue weighted by Crippen LogP contribution is -2.56. The second-order valence-electron chi connectivity index (χ2n) is 9.80. The van der Waals surface area contributed by atoms with Gasteiger partial charge in [-0.25, -0.2) is 18.7 Å². The molecule has 2 aromatic heterocycles. The smallest absolute Gasteiger partial charge is 0.310 e. The Bertz CT molecular complexity index is 1260. The molecule has 7 nitrogen and oxygen atoms in total. The van der Waals surface area contributed by atoms with Gasteiger partial charge in [-0.3, -0.25) is 9.69 Å². The fourth-order valence-electron chi connectivity index (χ4n) is 5.19. The zero-order valence-corrected chi connectivity index (χ0v) is 21.7. The first-order valence-electron chi connectivity index (χ1n) is 12.3. The van der Waals surface area contributed by atoms with E-state index in [4.69, 9.17) is 11.6 Å². The SMILES string of the molecule is O=C(O)C1(Cc2nc(Nc3nccs3)ccc2F)CCN(Cc2cccc(Cl)c2F)C(CN2CCC2)C1. The monoisotopic (exact) mass is 547 g/mol. The molecular weight excluding hydrogens is 520 g/mol. The summed E-state index contributed by atoms with van der Waals surface area (Å²) >= 11 is 7.39. The van der Waals surface area contributed by atoms with E-state index in [0.717, 1.165) is 19.5 Å². The first kappa shape index (κ1) is 26.0. The number of halogens is 3. The van der Waals surface area contributed by atoms with Crippen molar-refractivity contribution in [1.29, 1.82) is 0 Å². The largest absolute Gasteiger partial charge is 0.481 e. The van der Waals surface area contributed by atoms with Gasteiger partial charge in [0.05, 0.1) is 16.1 Å². The standard InChI is InChI=1S/C26H28ClF2N5O2S/c27-19-4-1-3-17(23(19)29)15-34-11-7-26(24(35)36,13-18(34)16-33-9-2-10-33)14-21-20(28)5-6-22(31-21)32-25-30-8-12-37-25/h1,3-6,8,12,18H,2,7,9-11,13-16H2,(H,35,36)(H,30,31,32). The molecular formula is C26H28ClF2N5O2S. The molecule has 2 saturated heterocycles. The summed E-state index contributed by atoms with van der Waals surface area (Å²) in [6.07, 6.45) is 3.34. The van der Waals surface area contributed by atoms with Gasteiger partial charge in [0.2, 0.25) is 0 Å². The molecule has 37 heavy (non-hydrogen) atoms. The summed E-state index contributed by atoms with van der Waals surface area (Å²) in [6, 6.07) is 7.63. The number of aromatic nitrogens is 2. The van der Waals surface area contributed by atoms with E-state index in [1.807, 2.05) is 5.38 Å². The molecule has 0 spiro atoms. The van der Waals surface area contributed by atoms with Crippen LogP contribution in [0.25, 0.3) is 0 Å². The third-order valence-electron chi connectivity index (χ3n) is 7.39. The molecule has 2 fully saturated rings. The summed E-state index contributed by atoms with van der Waals surface area (Å²) in [5.41, 5.74) is -0.592. The zero-order chi connectivity index (χ0) is 26.0. The van der Waals surface area contributed by atoms with Gasteiger partial charge >= 0.3 is 5.97 Å². The van der Waals surface area contributed by atoms with Crippen LogP contribution in [-0.4, -0.2) is 63.1 Å². The van der Waals surface area contributed by atoms with Crippen molar-refractivity contribution in [2.24, 2.45) is 5.41 Å². The first-order valence-corrected chi connectivity index (χ1v) is 13.5. The summed E-state index contributed by atoms with van der Waals surface area (Å²) in [7, 11) is 0. The second kappa shape index (κ2) is 11.0. The third-order valence-corrected chi connectivity index (χ3v) is 8.37. The Morgan fingerprint density at radius 2 is 2.08 bits per heavy atom. The minimum Gasteiger partial charge on any atom is -0.481 e. The van der Waals surface area contributed by atoms with Crippen molar-refractivity contribution in [3.63, 3.8) is 0 Å². The molecule has 2 aliphatic rings. The summed E-state index contributed by atoms with van der Waals surface area (Å²) < 4.78 is 29.6. The van der Waals surface area contributed by atoms with Crippen molar-refractivity contribution in [1.82, 2.24) is 19.8 Å². The minimum absolute atomic E-state index is 0.0303. The maximum Gasteiger partial charge on any atom is 0.310 e. The van der Waals surface area contributed by atoms with E-state index in [-0.39, 0.29) is 23.2 Å². The van der Waals surface area contributed by atoms with Crippen LogP contribution < -0.4 is 5.32 Å². The summed E-state index contributed by atoms with van der Waals surface area (Å²) in [6.45, 7) is 3.36. The zero-order valence-electron chi connectivity index (χ0n) is 20.2.